The maximum atomic E-state index is 5.37. The van der Waals surface area contributed by atoms with Crippen LogP contribution in [-0.4, -0.2) is 32.3 Å². The van der Waals surface area contributed by atoms with E-state index in [1.165, 1.54) is 30.5 Å². The Hall–Kier alpha value is -1.22. The van der Waals surface area contributed by atoms with Gasteiger partial charge in [-0.15, -0.1) is 0 Å². The fourth-order valence-corrected chi connectivity index (χ4v) is 3.45. The molecule has 0 spiro atoms. The number of nitrogens with zero attached hydrogens (tertiary/aromatic N) is 1. The lowest BCUT2D eigenvalue weighted by molar-refractivity contribution is 0.331. The van der Waals surface area contributed by atoms with Crippen LogP contribution >= 0.6 is 0 Å². The van der Waals surface area contributed by atoms with Crippen LogP contribution in [0.1, 0.15) is 31.7 Å². The molecule has 2 fully saturated rings. The van der Waals surface area contributed by atoms with Crippen LogP contribution in [0.3, 0.4) is 0 Å². The highest BCUT2D eigenvalue weighted by atomic mass is 16.5. The van der Waals surface area contributed by atoms with Gasteiger partial charge >= 0.3 is 0 Å². The number of aryl methyl sites for hydroxylation is 1. The molecule has 2 aliphatic rings. The first kappa shape index (κ1) is 13.7. The lowest BCUT2D eigenvalue weighted by atomic mass is 9.95. The number of ether oxygens (including phenoxy) is 1. The largest absolute Gasteiger partial charge is 0.496 e. The Morgan fingerprint density at radius 2 is 2.15 bits per heavy atom. The third-order valence-electron chi connectivity index (χ3n) is 4.87. The lowest BCUT2D eigenvalue weighted by Gasteiger charge is -2.35. The van der Waals surface area contributed by atoms with Gasteiger partial charge in [0.2, 0.25) is 0 Å². The van der Waals surface area contributed by atoms with Crippen molar-refractivity contribution < 1.29 is 4.74 Å². The van der Waals surface area contributed by atoms with Gasteiger partial charge in [-0.1, -0.05) is 0 Å². The fraction of sp³-hybridized carbons (Fsp3) is 0.647. The molecule has 1 unspecified atom stereocenters. The van der Waals surface area contributed by atoms with Crippen LogP contribution in [0.2, 0.25) is 0 Å². The lowest BCUT2D eigenvalue weighted by Crippen LogP contribution is -2.51. The van der Waals surface area contributed by atoms with Crippen LogP contribution in [-0.2, 0) is 0 Å². The number of hydrogen-bond acceptors (Lipinski definition) is 3. The summed E-state index contributed by atoms with van der Waals surface area (Å²) in [7, 11) is 1.74. The van der Waals surface area contributed by atoms with Gasteiger partial charge < -0.3 is 15.0 Å². The normalized spacial score (nSPS) is 27.2. The summed E-state index contributed by atoms with van der Waals surface area (Å²) in [5, 5.41) is 3.79. The highest BCUT2D eigenvalue weighted by molar-refractivity contribution is 5.53. The third-order valence-corrected chi connectivity index (χ3v) is 4.87. The zero-order valence-corrected chi connectivity index (χ0v) is 12.9. The van der Waals surface area contributed by atoms with E-state index in [9.17, 15) is 0 Å². The van der Waals surface area contributed by atoms with E-state index in [2.05, 4.69) is 42.3 Å². The minimum absolute atomic E-state index is 0.282. The van der Waals surface area contributed by atoms with E-state index in [1.54, 1.807) is 7.11 Å². The first-order valence-electron chi connectivity index (χ1n) is 7.77. The van der Waals surface area contributed by atoms with Crippen molar-refractivity contribution >= 4 is 5.69 Å². The summed E-state index contributed by atoms with van der Waals surface area (Å²) in [6, 6.07) is 6.55. The van der Waals surface area contributed by atoms with E-state index in [1.807, 2.05) is 0 Å². The second-order valence-corrected chi connectivity index (χ2v) is 6.55. The van der Waals surface area contributed by atoms with Crippen molar-refractivity contribution in [2.45, 2.75) is 38.6 Å². The maximum Gasteiger partial charge on any atom is 0.121 e. The van der Waals surface area contributed by atoms with Crippen molar-refractivity contribution in [1.29, 1.82) is 0 Å². The monoisotopic (exact) mass is 274 g/mol. The van der Waals surface area contributed by atoms with E-state index in [0.717, 1.165) is 31.3 Å². The van der Waals surface area contributed by atoms with Gasteiger partial charge in [-0.05, 0) is 69.3 Å². The standard InChI is InChI=1S/C17H26N2O/c1-13-11-15(7-8-16(13)20-3)19-10-4-9-18-17(2,12-19)14-5-6-14/h7-8,11,14,18H,4-6,9-10,12H2,1-3H3. The molecule has 3 rings (SSSR count). The molecule has 1 heterocycles. The first-order valence-corrected chi connectivity index (χ1v) is 7.77. The molecular weight excluding hydrogens is 248 g/mol. The van der Waals surface area contributed by atoms with Gasteiger partial charge in [-0.2, -0.15) is 0 Å². The highest BCUT2D eigenvalue weighted by Gasteiger charge is 2.43. The predicted octanol–water partition coefficient (Wildman–Crippen LogP) is 2.97. The Balaban J connectivity index is 1.82. The highest BCUT2D eigenvalue weighted by Crippen LogP contribution is 2.41. The number of rotatable bonds is 3. The second-order valence-electron chi connectivity index (χ2n) is 6.55. The Morgan fingerprint density at radius 3 is 2.80 bits per heavy atom. The van der Waals surface area contributed by atoms with E-state index >= 15 is 0 Å². The predicted molar refractivity (Wildman–Crippen MR) is 83.7 cm³/mol. The van der Waals surface area contributed by atoms with Crippen LogP contribution in [0, 0.1) is 12.8 Å². The SMILES string of the molecule is COc1ccc(N2CCCNC(C)(C3CC3)C2)cc1C. The molecule has 1 saturated carbocycles. The number of hydrogen-bond donors (Lipinski definition) is 1. The van der Waals surface area contributed by atoms with Gasteiger partial charge in [0.15, 0.2) is 0 Å². The van der Waals surface area contributed by atoms with Crippen LogP contribution in [0.5, 0.6) is 5.75 Å². The third kappa shape index (κ3) is 2.64. The zero-order valence-electron chi connectivity index (χ0n) is 12.9. The molecule has 1 saturated heterocycles. The van der Waals surface area contributed by atoms with Crippen molar-refractivity contribution in [2.75, 3.05) is 31.6 Å². The molecule has 20 heavy (non-hydrogen) atoms. The molecule has 0 amide bonds. The summed E-state index contributed by atoms with van der Waals surface area (Å²) < 4.78 is 5.37. The number of methoxy groups -OCH3 is 1. The second kappa shape index (κ2) is 5.28. The fourth-order valence-electron chi connectivity index (χ4n) is 3.45. The van der Waals surface area contributed by atoms with Gasteiger partial charge in [-0.25, -0.2) is 0 Å². The summed E-state index contributed by atoms with van der Waals surface area (Å²) in [6.07, 6.45) is 3.99. The first-order chi connectivity index (χ1) is 9.62. The van der Waals surface area contributed by atoms with Gasteiger partial charge in [-0.3, -0.25) is 0 Å². The summed E-state index contributed by atoms with van der Waals surface area (Å²) in [5.41, 5.74) is 2.83. The molecular formula is C17H26N2O. The zero-order chi connectivity index (χ0) is 14.2. The summed E-state index contributed by atoms with van der Waals surface area (Å²) >= 11 is 0. The van der Waals surface area contributed by atoms with Gasteiger partial charge in [0, 0.05) is 24.3 Å². The van der Waals surface area contributed by atoms with Crippen molar-refractivity contribution in [3.05, 3.63) is 23.8 Å². The molecule has 3 nitrogen and oxygen atoms in total. The van der Waals surface area contributed by atoms with Crippen LogP contribution in [0.15, 0.2) is 18.2 Å². The Bertz CT molecular complexity index is 484. The van der Waals surface area contributed by atoms with E-state index < -0.39 is 0 Å². The molecule has 1 aromatic carbocycles. The molecule has 1 atom stereocenters. The summed E-state index contributed by atoms with van der Waals surface area (Å²) in [4.78, 5) is 2.55. The van der Waals surface area contributed by atoms with Crippen LogP contribution in [0.25, 0.3) is 0 Å². The average Bonchev–Trinajstić information content (AvgIpc) is 3.25. The van der Waals surface area contributed by atoms with Crippen LogP contribution < -0.4 is 15.0 Å². The van der Waals surface area contributed by atoms with Crippen molar-refractivity contribution in [3.63, 3.8) is 0 Å². The number of nitrogens with one attached hydrogen (secondary N) is 1. The topological polar surface area (TPSA) is 24.5 Å². The Kier molecular flexibility index (Phi) is 3.63. The van der Waals surface area contributed by atoms with Crippen LogP contribution in [0.4, 0.5) is 5.69 Å². The quantitative estimate of drug-likeness (QED) is 0.917. The smallest absolute Gasteiger partial charge is 0.121 e. The molecule has 3 heteroatoms. The minimum Gasteiger partial charge on any atom is -0.496 e. The van der Waals surface area contributed by atoms with Gasteiger partial charge in [0.25, 0.3) is 0 Å². The van der Waals surface area contributed by atoms with E-state index in [0.29, 0.717) is 0 Å². The average molecular weight is 274 g/mol. The Labute approximate surface area is 122 Å². The van der Waals surface area contributed by atoms with Crippen molar-refractivity contribution in [3.8, 4) is 5.75 Å². The molecule has 1 aliphatic carbocycles. The molecule has 0 aromatic heterocycles. The minimum atomic E-state index is 0.282. The van der Waals surface area contributed by atoms with Gasteiger partial charge in [0.1, 0.15) is 5.75 Å². The molecule has 1 aliphatic heterocycles. The Morgan fingerprint density at radius 1 is 1.35 bits per heavy atom. The maximum absolute atomic E-state index is 5.37. The summed E-state index contributed by atoms with van der Waals surface area (Å²) in [5.74, 6) is 1.84. The molecule has 110 valence electrons. The molecule has 0 bridgehead atoms. The molecule has 1 N–H and O–H groups in total. The summed E-state index contributed by atoms with van der Waals surface area (Å²) in [6.45, 7) is 7.92. The molecule has 1 aromatic rings. The number of benzene rings is 1. The van der Waals surface area contributed by atoms with Gasteiger partial charge in [0.05, 0.1) is 7.11 Å². The number of anilines is 1. The molecule has 0 radical (unpaired) electrons. The van der Waals surface area contributed by atoms with Crippen molar-refractivity contribution in [1.82, 2.24) is 5.32 Å². The van der Waals surface area contributed by atoms with E-state index in [4.69, 9.17) is 4.74 Å². The van der Waals surface area contributed by atoms with E-state index in [-0.39, 0.29) is 5.54 Å². The van der Waals surface area contributed by atoms with Crippen molar-refractivity contribution in [2.24, 2.45) is 5.92 Å².